The van der Waals surface area contributed by atoms with E-state index >= 15 is 0 Å². The third-order valence-electron chi connectivity index (χ3n) is 7.17. The first-order valence-electron chi connectivity index (χ1n) is 12.2. The summed E-state index contributed by atoms with van der Waals surface area (Å²) >= 11 is 0. The molecule has 2 saturated heterocycles. The molecule has 3 atom stereocenters. The van der Waals surface area contributed by atoms with Gasteiger partial charge in [0.25, 0.3) is 0 Å². The molecule has 34 heavy (non-hydrogen) atoms. The number of nitrogens with zero attached hydrogens (tertiary/aromatic N) is 2. The fourth-order valence-corrected chi connectivity index (χ4v) is 7.19. The van der Waals surface area contributed by atoms with Crippen LogP contribution in [0.4, 0.5) is 5.69 Å². The molecule has 2 heterocycles. The zero-order valence-corrected chi connectivity index (χ0v) is 21.6. The van der Waals surface area contributed by atoms with Gasteiger partial charge < -0.3 is 15.0 Å². The van der Waals surface area contributed by atoms with Crippen LogP contribution in [0.2, 0.25) is 0 Å². The molecule has 0 radical (unpaired) electrons. The van der Waals surface area contributed by atoms with Crippen LogP contribution in [0.5, 0.6) is 5.75 Å². The highest BCUT2D eigenvalue weighted by molar-refractivity contribution is 7.90. The molecule has 2 N–H and O–H groups in total. The summed E-state index contributed by atoms with van der Waals surface area (Å²) in [5.74, 6) is 0.656. The average molecular weight is 487 g/mol. The molecule has 2 aliphatic rings. The number of nitrogens with one attached hydrogen (secondary N) is 2. The van der Waals surface area contributed by atoms with Crippen LogP contribution < -0.4 is 19.7 Å². The van der Waals surface area contributed by atoms with Crippen molar-refractivity contribution >= 4 is 15.7 Å². The van der Waals surface area contributed by atoms with Gasteiger partial charge in [0, 0.05) is 37.8 Å². The molecule has 0 aromatic heterocycles. The summed E-state index contributed by atoms with van der Waals surface area (Å²) in [6, 6.07) is 14.0. The largest absolute Gasteiger partial charge is 0.497 e. The van der Waals surface area contributed by atoms with Gasteiger partial charge in [0.15, 0.2) is 0 Å². The van der Waals surface area contributed by atoms with Crippen molar-refractivity contribution in [3.05, 3.63) is 59.2 Å². The first-order valence-corrected chi connectivity index (χ1v) is 13.8. The summed E-state index contributed by atoms with van der Waals surface area (Å²) in [5.41, 5.74) is 4.80. The fraction of sp³-hybridized carbons (Fsp3) is 0.538. The predicted molar refractivity (Wildman–Crippen MR) is 138 cm³/mol. The molecule has 2 fully saturated rings. The van der Waals surface area contributed by atoms with E-state index in [1.165, 1.54) is 16.8 Å². The van der Waals surface area contributed by atoms with E-state index < -0.39 is 15.3 Å². The highest BCUT2D eigenvalue weighted by atomic mass is 32.2. The van der Waals surface area contributed by atoms with E-state index in [0.29, 0.717) is 0 Å². The maximum atomic E-state index is 12.8. The van der Waals surface area contributed by atoms with Gasteiger partial charge in [-0.15, -0.1) is 0 Å². The molecule has 0 bridgehead atoms. The second kappa shape index (κ2) is 10.6. The number of benzene rings is 2. The molecule has 4 rings (SSSR count). The molecule has 0 aliphatic carbocycles. The van der Waals surface area contributed by atoms with Crippen molar-refractivity contribution in [2.45, 2.75) is 38.6 Å². The molecular weight excluding hydrogens is 448 g/mol. The first kappa shape index (κ1) is 25.0. The van der Waals surface area contributed by atoms with Crippen LogP contribution >= 0.6 is 0 Å². The number of hydrogen-bond donors (Lipinski definition) is 2. The minimum Gasteiger partial charge on any atom is -0.497 e. The van der Waals surface area contributed by atoms with Crippen LogP contribution in [-0.4, -0.2) is 65.9 Å². The maximum Gasteiger partial charge on any atom is 0.220 e. The molecule has 8 heteroatoms. The van der Waals surface area contributed by atoms with E-state index in [0.717, 1.165) is 57.0 Å². The normalized spacial score (nSPS) is 24.9. The van der Waals surface area contributed by atoms with Gasteiger partial charge in [-0.05, 0) is 68.2 Å². The number of sulfonamides is 1. The summed E-state index contributed by atoms with van der Waals surface area (Å²) in [4.78, 5) is 5.00. The lowest BCUT2D eigenvalue weighted by Crippen LogP contribution is -2.48. The van der Waals surface area contributed by atoms with Crippen molar-refractivity contribution in [3.8, 4) is 5.75 Å². The molecule has 0 amide bonds. The Bertz CT molecular complexity index is 1070. The van der Waals surface area contributed by atoms with Crippen molar-refractivity contribution in [1.29, 1.82) is 0 Å². The number of rotatable bonds is 8. The lowest BCUT2D eigenvalue weighted by molar-refractivity contribution is 0.250. The van der Waals surface area contributed by atoms with Gasteiger partial charge in [-0.2, -0.15) is 4.72 Å². The van der Waals surface area contributed by atoms with E-state index in [4.69, 9.17) is 4.74 Å². The Kier molecular flexibility index (Phi) is 7.82. The summed E-state index contributed by atoms with van der Waals surface area (Å²) < 4.78 is 33.7. The Labute approximate surface area is 204 Å². The van der Waals surface area contributed by atoms with Crippen LogP contribution in [0.3, 0.4) is 0 Å². The molecule has 7 nitrogen and oxygen atoms in total. The molecular formula is C26H38N4O3S. The third-order valence-corrected chi connectivity index (χ3v) is 9.12. The summed E-state index contributed by atoms with van der Waals surface area (Å²) in [6.45, 7) is 12.3. The van der Waals surface area contributed by atoms with E-state index in [9.17, 15) is 8.42 Å². The zero-order valence-electron chi connectivity index (χ0n) is 20.8. The standard InChI is InChI=1S/C26H38N4O3S/c1-19-6-7-20(2)24(18-19)30-16-14-29(15-17-30)13-5-12-27-26-21(3)25(34(31,32)28-26)22-8-10-23(33-4)11-9-22/h6-11,18,21,25-28H,5,12-17H2,1-4H3. The van der Waals surface area contributed by atoms with Crippen LogP contribution in [-0.2, 0) is 10.0 Å². The lowest BCUT2D eigenvalue weighted by atomic mass is 9.98. The summed E-state index contributed by atoms with van der Waals surface area (Å²) in [5, 5.41) is 2.88. The topological polar surface area (TPSA) is 73.9 Å². The van der Waals surface area contributed by atoms with Crippen molar-refractivity contribution in [3.63, 3.8) is 0 Å². The quantitative estimate of drug-likeness (QED) is 0.559. The van der Waals surface area contributed by atoms with E-state index in [2.05, 4.69) is 51.9 Å². The molecule has 2 aliphatic heterocycles. The average Bonchev–Trinajstić information content (AvgIpc) is 3.06. The third kappa shape index (κ3) is 5.57. The number of piperazine rings is 1. The van der Waals surface area contributed by atoms with Gasteiger partial charge in [0.05, 0.1) is 13.3 Å². The highest BCUT2D eigenvalue weighted by Crippen LogP contribution is 2.37. The van der Waals surface area contributed by atoms with Crippen LogP contribution in [0.15, 0.2) is 42.5 Å². The Hall–Kier alpha value is -2.13. The van der Waals surface area contributed by atoms with Crippen LogP contribution in [0, 0.1) is 19.8 Å². The summed E-state index contributed by atoms with van der Waals surface area (Å²) in [7, 11) is -1.82. The second-order valence-electron chi connectivity index (χ2n) is 9.62. The van der Waals surface area contributed by atoms with Crippen molar-refractivity contribution in [2.24, 2.45) is 5.92 Å². The molecule has 2 aromatic carbocycles. The summed E-state index contributed by atoms with van der Waals surface area (Å²) in [6.07, 6.45) is 0.736. The molecule has 186 valence electrons. The minimum absolute atomic E-state index is 0.0699. The van der Waals surface area contributed by atoms with E-state index in [-0.39, 0.29) is 12.1 Å². The molecule has 0 saturated carbocycles. The number of anilines is 1. The SMILES string of the molecule is COc1ccc(C2C(C)C(NCCCN3CCN(c4cc(C)ccc4C)CC3)NS2(=O)=O)cc1. The molecule has 0 spiro atoms. The number of methoxy groups -OCH3 is 1. The van der Waals surface area contributed by atoms with Gasteiger partial charge in [0.1, 0.15) is 11.0 Å². The van der Waals surface area contributed by atoms with Gasteiger partial charge in [-0.1, -0.05) is 31.2 Å². The second-order valence-corrected chi connectivity index (χ2v) is 11.5. The van der Waals surface area contributed by atoms with E-state index in [1.807, 2.05) is 31.2 Å². The number of ether oxygens (including phenoxy) is 1. The zero-order chi connectivity index (χ0) is 24.3. The van der Waals surface area contributed by atoms with Crippen molar-refractivity contribution in [1.82, 2.24) is 14.9 Å². The molecule has 2 aromatic rings. The maximum absolute atomic E-state index is 12.8. The monoisotopic (exact) mass is 486 g/mol. The Morgan fingerprint density at radius 3 is 2.44 bits per heavy atom. The van der Waals surface area contributed by atoms with E-state index in [1.54, 1.807) is 7.11 Å². The first-order chi connectivity index (χ1) is 16.3. The van der Waals surface area contributed by atoms with Crippen molar-refractivity contribution < 1.29 is 13.2 Å². The van der Waals surface area contributed by atoms with Crippen molar-refractivity contribution in [2.75, 3.05) is 51.3 Å². The number of hydrogen-bond acceptors (Lipinski definition) is 6. The fourth-order valence-electron chi connectivity index (χ4n) is 5.15. The van der Waals surface area contributed by atoms with Gasteiger partial charge in [-0.3, -0.25) is 4.90 Å². The Balaban J connectivity index is 1.23. The molecule has 3 unspecified atom stereocenters. The smallest absolute Gasteiger partial charge is 0.220 e. The lowest BCUT2D eigenvalue weighted by Gasteiger charge is -2.37. The number of aryl methyl sites for hydroxylation is 2. The minimum atomic E-state index is -3.42. The highest BCUT2D eigenvalue weighted by Gasteiger charge is 2.44. The Morgan fingerprint density at radius 2 is 1.76 bits per heavy atom. The van der Waals surface area contributed by atoms with Gasteiger partial charge >= 0.3 is 0 Å². The van der Waals surface area contributed by atoms with Gasteiger partial charge in [0.2, 0.25) is 10.0 Å². The van der Waals surface area contributed by atoms with Gasteiger partial charge in [-0.25, -0.2) is 8.42 Å². The van der Waals surface area contributed by atoms with Crippen LogP contribution in [0.1, 0.15) is 35.3 Å². The predicted octanol–water partition coefficient (Wildman–Crippen LogP) is 3.05. The van der Waals surface area contributed by atoms with Crippen LogP contribution in [0.25, 0.3) is 0 Å². The Morgan fingerprint density at radius 1 is 1.06 bits per heavy atom.